The Balaban J connectivity index is 1.68. The minimum absolute atomic E-state index is 0.0464. The molecule has 3 aromatic rings. The van der Waals surface area contributed by atoms with Gasteiger partial charge in [0, 0.05) is 17.8 Å². The van der Waals surface area contributed by atoms with Crippen LogP contribution in [-0.4, -0.2) is 35.9 Å². The van der Waals surface area contributed by atoms with Crippen molar-refractivity contribution in [2.75, 3.05) is 11.6 Å². The van der Waals surface area contributed by atoms with Gasteiger partial charge in [0.1, 0.15) is 17.4 Å². The highest BCUT2D eigenvalue weighted by Gasteiger charge is 2.17. The molecular formula is C21H16N4O5S2. The molecule has 0 unspecified atom stereocenters. The van der Waals surface area contributed by atoms with Crippen molar-refractivity contribution >= 4 is 44.5 Å². The number of sulfone groups is 1. The van der Waals surface area contributed by atoms with Gasteiger partial charge in [-0.15, -0.1) is 0 Å². The third-order valence-corrected chi connectivity index (χ3v) is 5.61. The van der Waals surface area contributed by atoms with E-state index in [1.165, 1.54) is 18.2 Å². The highest BCUT2D eigenvalue weighted by molar-refractivity contribution is 7.90. The zero-order valence-electron chi connectivity index (χ0n) is 16.9. The summed E-state index contributed by atoms with van der Waals surface area (Å²) in [6, 6.07) is 15.0. The van der Waals surface area contributed by atoms with Gasteiger partial charge in [-0.3, -0.25) is 10.1 Å². The number of nitriles is 1. The van der Waals surface area contributed by atoms with Gasteiger partial charge in [0.05, 0.1) is 5.56 Å². The van der Waals surface area contributed by atoms with Crippen LogP contribution in [0.5, 0.6) is 5.75 Å². The smallest absolute Gasteiger partial charge is 0.343 e. The molecule has 0 atom stereocenters. The number of aryl methyl sites for hydroxylation is 1. The fourth-order valence-corrected chi connectivity index (χ4v) is 3.82. The molecule has 1 amide bonds. The summed E-state index contributed by atoms with van der Waals surface area (Å²) in [4.78, 5) is 28.2. The number of carbonyl (C=O) groups is 2. The summed E-state index contributed by atoms with van der Waals surface area (Å²) in [6.45, 7) is 1.91. The zero-order valence-corrected chi connectivity index (χ0v) is 18.5. The number of esters is 1. The molecule has 0 aliphatic rings. The lowest BCUT2D eigenvalue weighted by atomic mass is 10.1. The first-order chi connectivity index (χ1) is 15.2. The lowest BCUT2D eigenvalue weighted by molar-refractivity contribution is -0.112. The molecule has 11 heteroatoms. The number of ether oxygens (including phenoxy) is 1. The number of amides is 1. The van der Waals surface area contributed by atoms with Crippen LogP contribution in [0.2, 0.25) is 0 Å². The van der Waals surface area contributed by atoms with Gasteiger partial charge in [0.15, 0.2) is 0 Å². The van der Waals surface area contributed by atoms with Crippen molar-refractivity contribution in [1.82, 2.24) is 9.36 Å². The number of nitrogens with one attached hydrogen (secondary N) is 1. The van der Waals surface area contributed by atoms with Crippen LogP contribution >= 0.6 is 11.5 Å². The second-order valence-electron chi connectivity index (χ2n) is 6.60. The lowest BCUT2D eigenvalue weighted by Gasteiger charge is -2.05. The minimum atomic E-state index is -3.60. The van der Waals surface area contributed by atoms with E-state index in [9.17, 15) is 23.3 Å². The van der Waals surface area contributed by atoms with Crippen molar-refractivity contribution in [3.63, 3.8) is 0 Å². The SMILES string of the molecule is Cc1ccc(C(=O)Oc2ccc(/C=C(/C#N)C(=O)Nc3nc(S(C)(=O)=O)ns3)cc2)cc1. The molecule has 0 bridgehead atoms. The second kappa shape index (κ2) is 9.51. The Morgan fingerprint density at radius 1 is 1.12 bits per heavy atom. The number of benzene rings is 2. The average Bonchev–Trinajstić information content (AvgIpc) is 3.22. The quantitative estimate of drug-likeness (QED) is 0.252. The molecule has 1 heterocycles. The summed E-state index contributed by atoms with van der Waals surface area (Å²) in [6.07, 6.45) is 2.28. The summed E-state index contributed by atoms with van der Waals surface area (Å²) >= 11 is 0.688. The standard InChI is InChI=1S/C21H16N4O5S2/c1-13-3-7-15(8-4-13)19(27)30-17-9-5-14(6-10-17)11-16(12-22)18(26)23-20-24-21(25-31-20)32(2,28)29/h3-11H,1-2H3,(H,23,24,25,26)/b16-11-. The van der Waals surface area contributed by atoms with Crippen LogP contribution in [0.25, 0.3) is 6.08 Å². The number of aromatic nitrogens is 2. The van der Waals surface area contributed by atoms with Crippen molar-refractivity contribution in [3.8, 4) is 11.8 Å². The van der Waals surface area contributed by atoms with E-state index >= 15 is 0 Å². The number of carbonyl (C=O) groups excluding carboxylic acids is 2. The number of hydrogen-bond donors (Lipinski definition) is 1. The molecule has 0 spiro atoms. The molecule has 0 radical (unpaired) electrons. The Hall–Kier alpha value is -3.88. The predicted molar refractivity (Wildman–Crippen MR) is 118 cm³/mol. The third-order valence-electron chi connectivity index (χ3n) is 4.01. The van der Waals surface area contributed by atoms with Gasteiger partial charge in [-0.25, -0.2) is 13.2 Å². The monoisotopic (exact) mass is 468 g/mol. The van der Waals surface area contributed by atoms with Crippen LogP contribution < -0.4 is 10.1 Å². The molecule has 0 saturated heterocycles. The van der Waals surface area contributed by atoms with Crippen LogP contribution in [0.3, 0.4) is 0 Å². The van der Waals surface area contributed by atoms with E-state index in [2.05, 4.69) is 14.7 Å². The Labute approximate surface area is 188 Å². The van der Waals surface area contributed by atoms with Gasteiger partial charge in [-0.2, -0.15) is 14.6 Å². The Kier molecular flexibility index (Phi) is 6.77. The van der Waals surface area contributed by atoms with Gasteiger partial charge in [0.2, 0.25) is 15.0 Å². The maximum Gasteiger partial charge on any atom is 0.343 e. The van der Waals surface area contributed by atoms with Crippen LogP contribution in [-0.2, 0) is 14.6 Å². The maximum absolute atomic E-state index is 12.3. The second-order valence-corrected chi connectivity index (χ2v) is 9.26. The van der Waals surface area contributed by atoms with Crippen LogP contribution in [0.1, 0.15) is 21.5 Å². The fraction of sp³-hybridized carbons (Fsp3) is 0.0952. The molecule has 32 heavy (non-hydrogen) atoms. The molecule has 9 nitrogen and oxygen atoms in total. The van der Waals surface area contributed by atoms with Gasteiger partial charge < -0.3 is 4.74 Å². The van der Waals surface area contributed by atoms with Crippen LogP contribution in [0.15, 0.2) is 59.3 Å². The third kappa shape index (κ3) is 5.84. The van der Waals surface area contributed by atoms with E-state index in [0.29, 0.717) is 28.4 Å². The van der Waals surface area contributed by atoms with E-state index in [0.717, 1.165) is 11.8 Å². The summed E-state index contributed by atoms with van der Waals surface area (Å²) < 4.78 is 31.8. The first-order valence-electron chi connectivity index (χ1n) is 9.01. The Morgan fingerprint density at radius 2 is 1.78 bits per heavy atom. The summed E-state index contributed by atoms with van der Waals surface area (Å²) in [5, 5.41) is 11.2. The van der Waals surface area contributed by atoms with E-state index in [-0.39, 0.29) is 10.7 Å². The molecule has 1 N–H and O–H groups in total. The van der Waals surface area contributed by atoms with Crippen molar-refractivity contribution < 1.29 is 22.7 Å². The van der Waals surface area contributed by atoms with Gasteiger partial charge >= 0.3 is 5.97 Å². The van der Waals surface area contributed by atoms with Gasteiger partial charge in [-0.1, -0.05) is 29.8 Å². The molecular weight excluding hydrogens is 452 g/mol. The summed E-state index contributed by atoms with van der Waals surface area (Å²) in [5.74, 6) is -0.965. The Morgan fingerprint density at radius 3 is 2.34 bits per heavy atom. The van der Waals surface area contributed by atoms with Crippen molar-refractivity contribution in [1.29, 1.82) is 5.26 Å². The highest BCUT2D eigenvalue weighted by Crippen LogP contribution is 2.18. The van der Waals surface area contributed by atoms with Crippen molar-refractivity contribution in [2.24, 2.45) is 0 Å². The summed E-state index contributed by atoms with van der Waals surface area (Å²) in [7, 11) is -3.60. The fourth-order valence-electron chi connectivity index (χ4n) is 2.38. The van der Waals surface area contributed by atoms with Crippen molar-refractivity contribution in [3.05, 3.63) is 70.8 Å². The molecule has 0 aliphatic heterocycles. The topological polar surface area (TPSA) is 139 Å². The average molecular weight is 469 g/mol. The molecule has 0 saturated carbocycles. The van der Waals surface area contributed by atoms with E-state index in [4.69, 9.17) is 4.74 Å². The lowest BCUT2D eigenvalue weighted by Crippen LogP contribution is -2.13. The maximum atomic E-state index is 12.3. The molecule has 162 valence electrons. The molecule has 0 fully saturated rings. The largest absolute Gasteiger partial charge is 0.423 e. The van der Waals surface area contributed by atoms with E-state index in [1.54, 1.807) is 30.3 Å². The molecule has 1 aromatic heterocycles. The highest BCUT2D eigenvalue weighted by atomic mass is 32.2. The number of hydrogen-bond acceptors (Lipinski definition) is 9. The molecule has 2 aromatic carbocycles. The normalized spacial score (nSPS) is 11.5. The number of rotatable bonds is 6. The van der Waals surface area contributed by atoms with Crippen molar-refractivity contribution in [2.45, 2.75) is 12.1 Å². The van der Waals surface area contributed by atoms with Gasteiger partial charge in [0.25, 0.3) is 11.1 Å². The first kappa shape index (κ1) is 22.8. The van der Waals surface area contributed by atoms with E-state index < -0.39 is 26.9 Å². The predicted octanol–water partition coefficient (Wildman–Crippen LogP) is 3.01. The van der Waals surface area contributed by atoms with Gasteiger partial charge in [-0.05, 0) is 42.8 Å². The minimum Gasteiger partial charge on any atom is -0.423 e. The number of anilines is 1. The van der Waals surface area contributed by atoms with E-state index in [1.807, 2.05) is 19.1 Å². The molecule has 3 rings (SSSR count). The van der Waals surface area contributed by atoms with Crippen LogP contribution in [0.4, 0.5) is 5.13 Å². The summed E-state index contributed by atoms with van der Waals surface area (Å²) in [5.41, 5.74) is 1.72. The molecule has 0 aliphatic carbocycles. The first-order valence-corrected chi connectivity index (χ1v) is 11.7. The number of nitrogens with zero attached hydrogens (tertiary/aromatic N) is 3. The van der Waals surface area contributed by atoms with Crippen LogP contribution in [0, 0.1) is 18.3 Å². The Bertz CT molecular complexity index is 1340. The zero-order chi connectivity index (χ0) is 23.3.